The van der Waals surface area contributed by atoms with Crippen molar-refractivity contribution in [2.45, 2.75) is 50.8 Å². The summed E-state index contributed by atoms with van der Waals surface area (Å²) in [6.07, 6.45) is 11.2. The molecule has 84 valence electrons. The lowest BCUT2D eigenvalue weighted by Gasteiger charge is -2.21. The molecular formula is C12H20N2S. The van der Waals surface area contributed by atoms with Crippen LogP contribution in [0, 0.1) is 6.92 Å². The molecule has 1 aliphatic carbocycles. The summed E-state index contributed by atoms with van der Waals surface area (Å²) in [7, 11) is 0. The number of hydrogen-bond acceptors (Lipinski definition) is 2. The largest absolute Gasteiger partial charge is 0.269 e. The van der Waals surface area contributed by atoms with Crippen molar-refractivity contribution in [3.8, 4) is 0 Å². The van der Waals surface area contributed by atoms with Crippen LogP contribution in [-0.2, 0) is 5.75 Å². The van der Waals surface area contributed by atoms with E-state index < -0.39 is 0 Å². The zero-order chi connectivity index (χ0) is 10.7. The van der Waals surface area contributed by atoms with E-state index in [1.54, 1.807) is 0 Å². The van der Waals surface area contributed by atoms with E-state index in [1.807, 2.05) is 11.8 Å². The summed E-state index contributed by atoms with van der Waals surface area (Å²) in [5.41, 5.74) is 2.63. The molecule has 3 heteroatoms. The Hall–Kier alpha value is -0.440. The molecule has 0 N–H and O–H groups in total. The molecule has 0 aromatic carbocycles. The van der Waals surface area contributed by atoms with E-state index in [-0.39, 0.29) is 0 Å². The maximum Gasteiger partial charge on any atom is 0.0752 e. The van der Waals surface area contributed by atoms with E-state index in [1.165, 1.54) is 43.4 Å². The third-order valence-corrected chi connectivity index (χ3v) is 3.81. The molecule has 15 heavy (non-hydrogen) atoms. The first kappa shape index (κ1) is 11.1. The smallest absolute Gasteiger partial charge is 0.0752 e. The summed E-state index contributed by atoms with van der Waals surface area (Å²) in [5.74, 6) is 1.05. The van der Waals surface area contributed by atoms with Crippen LogP contribution in [0.2, 0.25) is 0 Å². The van der Waals surface area contributed by atoms with Gasteiger partial charge >= 0.3 is 0 Å². The Labute approximate surface area is 96.4 Å². The highest BCUT2D eigenvalue weighted by Crippen LogP contribution is 2.28. The molecule has 2 rings (SSSR count). The van der Waals surface area contributed by atoms with Gasteiger partial charge in [0.25, 0.3) is 0 Å². The molecule has 0 radical (unpaired) electrons. The molecule has 1 aliphatic rings. The van der Waals surface area contributed by atoms with Crippen molar-refractivity contribution in [1.29, 1.82) is 0 Å². The van der Waals surface area contributed by atoms with Crippen LogP contribution in [0.3, 0.4) is 0 Å². The second-order valence-electron chi connectivity index (χ2n) is 4.46. The van der Waals surface area contributed by atoms with Crippen molar-refractivity contribution >= 4 is 11.8 Å². The average molecular weight is 224 g/mol. The molecular weight excluding hydrogens is 204 g/mol. The normalized spacial score (nSPS) is 18.3. The summed E-state index contributed by atoms with van der Waals surface area (Å²) < 4.78 is 2.22. The lowest BCUT2D eigenvalue weighted by Crippen LogP contribution is -2.13. The SMILES string of the molecule is CSCc1nn(C2CCCCC2)cc1C. The van der Waals surface area contributed by atoms with E-state index in [0.717, 1.165) is 5.75 Å². The summed E-state index contributed by atoms with van der Waals surface area (Å²) in [6.45, 7) is 2.18. The monoisotopic (exact) mass is 224 g/mol. The third-order valence-electron chi connectivity index (χ3n) is 3.25. The fourth-order valence-corrected chi connectivity index (χ4v) is 2.89. The topological polar surface area (TPSA) is 17.8 Å². The molecule has 1 aromatic heterocycles. The Balaban J connectivity index is 2.10. The molecule has 0 unspecified atom stereocenters. The summed E-state index contributed by atoms with van der Waals surface area (Å²) in [5, 5.41) is 4.72. The van der Waals surface area contributed by atoms with Crippen LogP contribution in [0.4, 0.5) is 0 Å². The zero-order valence-corrected chi connectivity index (χ0v) is 10.5. The number of aryl methyl sites for hydroxylation is 1. The first-order valence-corrected chi connectivity index (χ1v) is 7.24. The Kier molecular flexibility index (Phi) is 3.73. The molecule has 0 aliphatic heterocycles. The number of hydrogen-bond donors (Lipinski definition) is 0. The molecule has 0 amide bonds. The Bertz CT molecular complexity index is 313. The van der Waals surface area contributed by atoms with E-state index in [2.05, 4.69) is 24.1 Å². The van der Waals surface area contributed by atoms with Crippen LogP contribution in [0.15, 0.2) is 6.20 Å². The first-order chi connectivity index (χ1) is 7.31. The van der Waals surface area contributed by atoms with Gasteiger partial charge < -0.3 is 0 Å². The van der Waals surface area contributed by atoms with Crippen molar-refractivity contribution in [3.63, 3.8) is 0 Å². The predicted molar refractivity (Wildman–Crippen MR) is 66.3 cm³/mol. The Morgan fingerprint density at radius 1 is 1.40 bits per heavy atom. The minimum Gasteiger partial charge on any atom is -0.269 e. The zero-order valence-electron chi connectivity index (χ0n) is 9.70. The molecule has 0 atom stereocenters. The highest BCUT2D eigenvalue weighted by molar-refractivity contribution is 7.97. The lowest BCUT2D eigenvalue weighted by atomic mass is 9.96. The van der Waals surface area contributed by atoms with Gasteiger partial charge in [-0.05, 0) is 31.6 Å². The summed E-state index contributed by atoms with van der Waals surface area (Å²) >= 11 is 1.85. The van der Waals surface area contributed by atoms with Crippen LogP contribution in [0.1, 0.15) is 49.4 Å². The molecule has 1 saturated carbocycles. The molecule has 1 fully saturated rings. The maximum absolute atomic E-state index is 4.72. The molecule has 0 spiro atoms. The van der Waals surface area contributed by atoms with Gasteiger partial charge in [0.15, 0.2) is 0 Å². The molecule has 0 bridgehead atoms. The lowest BCUT2D eigenvalue weighted by molar-refractivity contribution is 0.328. The van der Waals surface area contributed by atoms with Crippen LogP contribution < -0.4 is 0 Å². The van der Waals surface area contributed by atoms with E-state index in [9.17, 15) is 0 Å². The van der Waals surface area contributed by atoms with Gasteiger partial charge in [-0.15, -0.1) is 0 Å². The van der Waals surface area contributed by atoms with Gasteiger partial charge in [-0.1, -0.05) is 19.3 Å². The van der Waals surface area contributed by atoms with E-state index in [0.29, 0.717) is 6.04 Å². The van der Waals surface area contributed by atoms with Gasteiger partial charge in [-0.25, -0.2) is 0 Å². The van der Waals surface area contributed by atoms with Gasteiger partial charge in [0.05, 0.1) is 11.7 Å². The highest BCUT2D eigenvalue weighted by atomic mass is 32.2. The van der Waals surface area contributed by atoms with Crippen molar-refractivity contribution in [3.05, 3.63) is 17.5 Å². The highest BCUT2D eigenvalue weighted by Gasteiger charge is 2.17. The van der Waals surface area contributed by atoms with Gasteiger partial charge in [0.1, 0.15) is 0 Å². The minimum absolute atomic E-state index is 0.674. The van der Waals surface area contributed by atoms with Crippen molar-refractivity contribution in [2.24, 2.45) is 0 Å². The number of thioether (sulfide) groups is 1. The second-order valence-corrected chi connectivity index (χ2v) is 5.33. The average Bonchev–Trinajstić information content (AvgIpc) is 2.63. The summed E-state index contributed by atoms with van der Waals surface area (Å²) in [4.78, 5) is 0. The quantitative estimate of drug-likeness (QED) is 0.781. The van der Waals surface area contributed by atoms with Gasteiger partial charge in [-0.3, -0.25) is 4.68 Å². The van der Waals surface area contributed by atoms with Crippen LogP contribution in [0.5, 0.6) is 0 Å². The minimum atomic E-state index is 0.674. The first-order valence-electron chi connectivity index (χ1n) is 5.85. The maximum atomic E-state index is 4.72. The second kappa shape index (κ2) is 5.06. The number of rotatable bonds is 3. The van der Waals surface area contributed by atoms with E-state index in [4.69, 9.17) is 5.10 Å². The standard InChI is InChI=1S/C12H20N2S/c1-10-8-14(13-12(10)9-15-2)11-6-4-3-5-7-11/h8,11H,3-7,9H2,1-2H3. The van der Waals surface area contributed by atoms with Crippen LogP contribution >= 0.6 is 11.8 Å². The number of aromatic nitrogens is 2. The molecule has 0 saturated heterocycles. The van der Waals surface area contributed by atoms with Gasteiger partial charge in [0, 0.05) is 11.9 Å². The molecule has 1 heterocycles. The summed E-state index contributed by atoms with van der Waals surface area (Å²) in [6, 6.07) is 0.674. The Morgan fingerprint density at radius 3 is 2.80 bits per heavy atom. The van der Waals surface area contributed by atoms with Crippen molar-refractivity contribution in [1.82, 2.24) is 9.78 Å². The van der Waals surface area contributed by atoms with Gasteiger partial charge in [-0.2, -0.15) is 16.9 Å². The fourth-order valence-electron chi connectivity index (χ4n) is 2.33. The molecule has 2 nitrogen and oxygen atoms in total. The van der Waals surface area contributed by atoms with Crippen molar-refractivity contribution < 1.29 is 0 Å². The fraction of sp³-hybridized carbons (Fsp3) is 0.750. The van der Waals surface area contributed by atoms with E-state index >= 15 is 0 Å². The number of nitrogens with zero attached hydrogens (tertiary/aromatic N) is 2. The van der Waals surface area contributed by atoms with Crippen molar-refractivity contribution in [2.75, 3.05) is 6.26 Å². The van der Waals surface area contributed by atoms with Gasteiger partial charge in [0.2, 0.25) is 0 Å². The Morgan fingerprint density at radius 2 is 2.13 bits per heavy atom. The molecule has 1 aromatic rings. The third kappa shape index (κ3) is 2.57. The van der Waals surface area contributed by atoms with Crippen LogP contribution in [0.25, 0.3) is 0 Å². The predicted octanol–water partition coefficient (Wildman–Crippen LogP) is 3.56. The van der Waals surface area contributed by atoms with Crippen LogP contribution in [-0.4, -0.2) is 16.0 Å².